The van der Waals surface area contributed by atoms with Crippen molar-refractivity contribution < 1.29 is 14.3 Å². The number of nitrogens with zero attached hydrogens (tertiary/aromatic N) is 1. The maximum Gasteiger partial charge on any atom is 0.325 e. The predicted octanol–water partition coefficient (Wildman–Crippen LogP) is 1.30. The van der Waals surface area contributed by atoms with Gasteiger partial charge in [-0.05, 0) is 18.9 Å². The Morgan fingerprint density at radius 2 is 2.18 bits per heavy atom. The molecule has 0 saturated carbocycles. The van der Waals surface area contributed by atoms with E-state index in [1.54, 1.807) is 6.92 Å². The van der Waals surface area contributed by atoms with Crippen LogP contribution in [0.25, 0.3) is 0 Å². The van der Waals surface area contributed by atoms with Crippen molar-refractivity contribution in [3.05, 3.63) is 12.2 Å². The van der Waals surface area contributed by atoms with Crippen LogP contribution in [-0.2, 0) is 9.53 Å². The summed E-state index contributed by atoms with van der Waals surface area (Å²) in [6.45, 7) is 8.20. The fourth-order valence-electron chi connectivity index (χ4n) is 2.06. The van der Waals surface area contributed by atoms with Crippen LogP contribution in [0.1, 0.15) is 26.7 Å². The fraction of sp³-hybridized carbons (Fsp3) is 0.667. The highest BCUT2D eigenvalue weighted by atomic mass is 16.5. The number of imide groups is 1. The number of urea groups is 1. The highest BCUT2D eigenvalue weighted by Crippen LogP contribution is 2.29. The van der Waals surface area contributed by atoms with Gasteiger partial charge in [-0.3, -0.25) is 9.69 Å². The molecule has 0 aromatic rings. The molecule has 1 aliphatic heterocycles. The van der Waals surface area contributed by atoms with E-state index in [1.165, 1.54) is 12.0 Å². The highest BCUT2D eigenvalue weighted by molar-refractivity contribution is 6.08. The van der Waals surface area contributed by atoms with Gasteiger partial charge in [0.2, 0.25) is 0 Å². The minimum atomic E-state index is -0.917. The lowest BCUT2D eigenvalue weighted by Gasteiger charge is -2.26. The van der Waals surface area contributed by atoms with Crippen molar-refractivity contribution >= 4 is 11.9 Å². The molecular formula is C12H20N2O3. The Morgan fingerprint density at radius 3 is 2.65 bits per heavy atom. The second-order valence-electron chi connectivity index (χ2n) is 4.32. The highest BCUT2D eigenvalue weighted by Gasteiger charge is 2.50. The van der Waals surface area contributed by atoms with Crippen LogP contribution in [0, 0.1) is 0 Å². The normalized spacial score (nSPS) is 24.1. The molecule has 0 radical (unpaired) electrons. The number of hydrogen-bond donors (Lipinski definition) is 1. The van der Waals surface area contributed by atoms with E-state index in [0.29, 0.717) is 18.6 Å². The van der Waals surface area contributed by atoms with Crippen LogP contribution < -0.4 is 5.32 Å². The molecule has 5 nitrogen and oxygen atoms in total. The standard InChI is InChI=1S/C12H20N2O3/c1-5-6-12(9(2)3)10(15)14(7-8-17-4)11(16)13-12/h2,5-8H2,1,3-4H3,(H,13,16). The summed E-state index contributed by atoms with van der Waals surface area (Å²) in [5, 5.41) is 2.76. The molecule has 3 amide bonds. The van der Waals surface area contributed by atoms with Gasteiger partial charge in [-0.2, -0.15) is 0 Å². The summed E-state index contributed by atoms with van der Waals surface area (Å²) in [5.74, 6) is -0.214. The van der Waals surface area contributed by atoms with E-state index < -0.39 is 5.54 Å². The van der Waals surface area contributed by atoms with Crippen molar-refractivity contribution in [2.75, 3.05) is 20.3 Å². The largest absolute Gasteiger partial charge is 0.383 e. The Labute approximate surface area is 102 Å². The summed E-state index contributed by atoms with van der Waals surface area (Å²) < 4.78 is 4.89. The molecule has 96 valence electrons. The van der Waals surface area contributed by atoms with Gasteiger partial charge in [0.15, 0.2) is 0 Å². The second-order valence-corrected chi connectivity index (χ2v) is 4.32. The summed E-state index contributed by atoms with van der Waals surface area (Å²) in [5.41, 5.74) is -0.239. The number of carbonyl (C=O) groups is 2. The van der Waals surface area contributed by atoms with Crippen molar-refractivity contribution in [1.82, 2.24) is 10.2 Å². The predicted molar refractivity (Wildman–Crippen MR) is 64.6 cm³/mol. The molecule has 1 atom stereocenters. The molecule has 0 aromatic heterocycles. The van der Waals surface area contributed by atoms with Crippen LogP contribution in [-0.4, -0.2) is 42.6 Å². The van der Waals surface area contributed by atoms with Gasteiger partial charge >= 0.3 is 6.03 Å². The van der Waals surface area contributed by atoms with E-state index in [4.69, 9.17) is 4.74 Å². The number of carbonyl (C=O) groups excluding carboxylic acids is 2. The molecule has 0 spiro atoms. The molecule has 1 fully saturated rings. The van der Waals surface area contributed by atoms with Gasteiger partial charge in [-0.15, -0.1) is 0 Å². The number of methoxy groups -OCH3 is 1. The van der Waals surface area contributed by atoms with Crippen LogP contribution >= 0.6 is 0 Å². The minimum absolute atomic E-state index is 0.214. The molecule has 0 aromatic carbocycles. The Bertz CT molecular complexity index is 341. The van der Waals surface area contributed by atoms with E-state index in [9.17, 15) is 9.59 Å². The lowest BCUT2D eigenvalue weighted by molar-refractivity contribution is -0.130. The van der Waals surface area contributed by atoms with E-state index in [1.807, 2.05) is 6.92 Å². The second kappa shape index (κ2) is 5.31. The minimum Gasteiger partial charge on any atom is -0.383 e. The van der Waals surface area contributed by atoms with Crippen LogP contribution in [0.5, 0.6) is 0 Å². The Hall–Kier alpha value is -1.36. The van der Waals surface area contributed by atoms with Crippen molar-refractivity contribution in [3.8, 4) is 0 Å². The molecule has 0 aliphatic carbocycles. The third-order valence-corrected chi connectivity index (χ3v) is 3.05. The summed E-state index contributed by atoms with van der Waals surface area (Å²) in [7, 11) is 1.54. The number of nitrogens with one attached hydrogen (secondary N) is 1. The summed E-state index contributed by atoms with van der Waals surface area (Å²) in [6, 6.07) is -0.358. The lowest BCUT2D eigenvalue weighted by Crippen LogP contribution is -2.47. The summed E-state index contributed by atoms with van der Waals surface area (Å²) in [6.07, 6.45) is 1.38. The maximum atomic E-state index is 12.3. The Morgan fingerprint density at radius 1 is 1.53 bits per heavy atom. The Balaban J connectivity index is 2.93. The van der Waals surface area contributed by atoms with E-state index in [0.717, 1.165) is 6.42 Å². The van der Waals surface area contributed by atoms with Crippen LogP contribution in [0.2, 0.25) is 0 Å². The summed E-state index contributed by atoms with van der Waals surface area (Å²) >= 11 is 0. The topological polar surface area (TPSA) is 58.6 Å². The van der Waals surface area contributed by atoms with E-state index in [2.05, 4.69) is 11.9 Å². The molecule has 17 heavy (non-hydrogen) atoms. The lowest BCUT2D eigenvalue weighted by atomic mass is 9.87. The number of hydrogen-bond acceptors (Lipinski definition) is 3. The monoisotopic (exact) mass is 240 g/mol. The summed E-state index contributed by atoms with van der Waals surface area (Å²) in [4.78, 5) is 25.3. The first kappa shape index (κ1) is 13.7. The average Bonchev–Trinajstić information content (AvgIpc) is 2.50. The SMILES string of the molecule is C=C(C)C1(CCC)NC(=O)N(CCOC)C1=O. The molecule has 1 aliphatic rings. The molecule has 0 bridgehead atoms. The van der Waals surface area contributed by atoms with Gasteiger partial charge in [-0.25, -0.2) is 4.79 Å². The zero-order valence-electron chi connectivity index (χ0n) is 10.7. The maximum absolute atomic E-state index is 12.3. The van der Waals surface area contributed by atoms with Crippen molar-refractivity contribution in [1.29, 1.82) is 0 Å². The first-order valence-electron chi connectivity index (χ1n) is 5.78. The quantitative estimate of drug-likeness (QED) is 0.562. The first-order chi connectivity index (χ1) is 7.99. The molecule has 1 rings (SSSR count). The Kier molecular flexibility index (Phi) is 4.28. The van der Waals surface area contributed by atoms with Crippen LogP contribution in [0.15, 0.2) is 12.2 Å². The molecule has 5 heteroatoms. The molecule has 1 N–H and O–H groups in total. The number of ether oxygens (including phenoxy) is 1. The fourth-order valence-corrected chi connectivity index (χ4v) is 2.06. The third-order valence-electron chi connectivity index (χ3n) is 3.05. The van der Waals surface area contributed by atoms with E-state index >= 15 is 0 Å². The van der Waals surface area contributed by atoms with Gasteiger partial charge in [0.1, 0.15) is 5.54 Å². The number of rotatable bonds is 6. The number of amides is 3. The molecule has 1 saturated heterocycles. The molecule has 1 unspecified atom stereocenters. The van der Waals surface area contributed by atoms with Crippen LogP contribution in [0.3, 0.4) is 0 Å². The van der Waals surface area contributed by atoms with Crippen LogP contribution in [0.4, 0.5) is 4.79 Å². The van der Waals surface area contributed by atoms with Gasteiger partial charge in [0.25, 0.3) is 5.91 Å². The first-order valence-corrected chi connectivity index (χ1v) is 5.78. The zero-order chi connectivity index (χ0) is 13.1. The average molecular weight is 240 g/mol. The van der Waals surface area contributed by atoms with Gasteiger partial charge < -0.3 is 10.1 Å². The third kappa shape index (κ3) is 2.34. The molecule has 1 heterocycles. The van der Waals surface area contributed by atoms with Crippen molar-refractivity contribution in [2.24, 2.45) is 0 Å². The zero-order valence-corrected chi connectivity index (χ0v) is 10.7. The molecular weight excluding hydrogens is 220 g/mol. The van der Waals surface area contributed by atoms with E-state index in [-0.39, 0.29) is 18.5 Å². The van der Waals surface area contributed by atoms with Gasteiger partial charge in [-0.1, -0.05) is 19.9 Å². The van der Waals surface area contributed by atoms with Gasteiger partial charge in [0, 0.05) is 7.11 Å². The smallest absolute Gasteiger partial charge is 0.325 e. The van der Waals surface area contributed by atoms with Crippen molar-refractivity contribution in [2.45, 2.75) is 32.2 Å². The van der Waals surface area contributed by atoms with Gasteiger partial charge in [0.05, 0.1) is 13.2 Å². The van der Waals surface area contributed by atoms with Crippen molar-refractivity contribution in [3.63, 3.8) is 0 Å².